The monoisotopic (exact) mass is 350 g/mol. The summed E-state index contributed by atoms with van der Waals surface area (Å²) in [6, 6.07) is 1.58. The molecule has 0 saturated heterocycles. The van der Waals surface area contributed by atoms with E-state index in [-0.39, 0.29) is 35.2 Å². The lowest BCUT2D eigenvalue weighted by Crippen LogP contribution is -2.12. The lowest BCUT2D eigenvalue weighted by atomic mass is 10.1. The molecule has 24 heavy (non-hydrogen) atoms. The fourth-order valence-corrected chi connectivity index (χ4v) is 3.32. The lowest BCUT2D eigenvalue weighted by Gasteiger charge is -2.08. The van der Waals surface area contributed by atoms with Crippen molar-refractivity contribution in [3.63, 3.8) is 0 Å². The number of aryl methyl sites for hydroxylation is 1. The Labute approximate surface area is 143 Å². The van der Waals surface area contributed by atoms with E-state index in [1.54, 1.807) is 26.8 Å². The molecular weight excluding hydrogens is 332 g/mol. The van der Waals surface area contributed by atoms with Crippen molar-refractivity contribution < 1.29 is 23.9 Å². The van der Waals surface area contributed by atoms with Crippen LogP contribution in [-0.4, -0.2) is 36.0 Å². The minimum Gasteiger partial charge on any atom is -0.462 e. The smallest absolute Gasteiger partial charge is 0.350 e. The highest BCUT2D eigenvalue weighted by Crippen LogP contribution is 2.38. The predicted octanol–water partition coefficient (Wildman–Crippen LogP) is 2.92. The van der Waals surface area contributed by atoms with Gasteiger partial charge in [-0.25, -0.2) is 14.6 Å². The van der Waals surface area contributed by atoms with Gasteiger partial charge in [0.2, 0.25) is 5.91 Å². The number of carbonyl (C=O) groups is 3. The highest BCUT2D eigenvalue weighted by molar-refractivity contribution is 7.21. The Morgan fingerprint density at radius 2 is 1.79 bits per heavy atom. The van der Waals surface area contributed by atoms with Gasteiger partial charge in [0.25, 0.3) is 0 Å². The van der Waals surface area contributed by atoms with Gasteiger partial charge in [-0.05, 0) is 26.8 Å². The van der Waals surface area contributed by atoms with Crippen molar-refractivity contribution in [2.75, 3.05) is 18.5 Å². The number of ether oxygens (including phenoxy) is 2. The minimum atomic E-state index is -0.572. The molecule has 0 aliphatic heterocycles. The molecule has 8 heteroatoms. The van der Waals surface area contributed by atoms with E-state index in [1.807, 2.05) is 0 Å². The van der Waals surface area contributed by atoms with Crippen LogP contribution >= 0.6 is 11.3 Å². The number of hydrogen-bond acceptors (Lipinski definition) is 7. The van der Waals surface area contributed by atoms with Crippen LogP contribution < -0.4 is 5.32 Å². The summed E-state index contributed by atoms with van der Waals surface area (Å²) in [4.78, 5) is 41.1. The van der Waals surface area contributed by atoms with Crippen molar-refractivity contribution in [2.45, 2.75) is 27.7 Å². The number of hydrogen-bond donors (Lipinski definition) is 1. The summed E-state index contributed by atoms with van der Waals surface area (Å²) in [5.74, 6) is -1.47. The molecule has 0 saturated carbocycles. The van der Waals surface area contributed by atoms with Crippen LogP contribution in [0.25, 0.3) is 10.2 Å². The van der Waals surface area contributed by atoms with Crippen LogP contribution in [0.1, 0.15) is 46.5 Å². The number of esters is 2. The predicted molar refractivity (Wildman–Crippen MR) is 90.6 cm³/mol. The summed E-state index contributed by atoms with van der Waals surface area (Å²) in [6.45, 7) is 6.87. The van der Waals surface area contributed by atoms with Gasteiger partial charge in [-0.3, -0.25) is 4.79 Å². The second-order valence-corrected chi connectivity index (χ2v) is 5.92. The number of anilines is 1. The molecule has 0 aliphatic carbocycles. The van der Waals surface area contributed by atoms with Crippen LogP contribution in [0.2, 0.25) is 0 Å². The molecule has 2 aromatic rings. The normalized spacial score (nSPS) is 10.5. The summed E-state index contributed by atoms with van der Waals surface area (Å²) in [5.41, 5.74) is 1.10. The highest BCUT2D eigenvalue weighted by atomic mass is 32.1. The Balaban J connectivity index is 2.76. The van der Waals surface area contributed by atoms with Crippen molar-refractivity contribution in [3.05, 3.63) is 22.2 Å². The van der Waals surface area contributed by atoms with Crippen molar-refractivity contribution in [1.82, 2.24) is 4.98 Å². The van der Waals surface area contributed by atoms with Gasteiger partial charge >= 0.3 is 11.9 Å². The molecule has 0 fully saturated rings. The van der Waals surface area contributed by atoms with Crippen LogP contribution in [-0.2, 0) is 14.3 Å². The SMILES string of the molecule is CCOC(=O)c1sc2nc(C)cc(C(=O)OCC)c2c1NC(C)=O. The summed E-state index contributed by atoms with van der Waals surface area (Å²) < 4.78 is 10.1. The fourth-order valence-electron chi connectivity index (χ4n) is 2.23. The first-order valence-corrected chi connectivity index (χ1v) is 8.26. The van der Waals surface area contributed by atoms with Gasteiger partial charge in [-0.15, -0.1) is 11.3 Å². The maximum atomic E-state index is 12.3. The number of aromatic nitrogens is 1. The van der Waals surface area contributed by atoms with Crippen LogP contribution in [0.15, 0.2) is 6.07 Å². The third-order valence-corrected chi connectivity index (χ3v) is 4.11. The molecule has 2 rings (SSSR count). The molecule has 0 radical (unpaired) electrons. The Morgan fingerprint density at radius 3 is 2.38 bits per heavy atom. The fraction of sp³-hybridized carbons (Fsp3) is 0.375. The molecule has 1 N–H and O–H groups in total. The molecule has 0 atom stereocenters. The number of fused-ring (bicyclic) bond motifs is 1. The third-order valence-electron chi connectivity index (χ3n) is 3.05. The Hall–Kier alpha value is -2.48. The first kappa shape index (κ1) is 17.9. The average Bonchev–Trinajstić information content (AvgIpc) is 2.84. The van der Waals surface area contributed by atoms with E-state index < -0.39 is 11.9 Å². The lowest BCUT2D eigenvalue weighted by molar-refractivity contribution is -0.114. The zero-order valence-electron chi connectivity index (χ0n) is 13.9. The summed E-state index contributed by atoms with van der Waals surface area (Å²) in [5, 5.41) is 3.01. The Kier molecular flexibility index (Phi) is 5.50. The molecule has 128 valence electrons. The average molecular weight is 350 g/mol. The summed E-state index contributed by atoms with van der Waals surface area (Å²) >= 11 is 1.07. The van der Waals surface area contributed by atoms with Gasteiger partial charge < -0.3 is 14.8 Å². The topological polar surface area (TPSA) is 94.6 Å². The molecule has 0 aromatic carbocycles. The first-order chi connectivity index (χ1) is 11.4. The molecule has 0 aliphatic rings. The molecule has 0 spiro atoms. The van der Waals surface area contributed by atoms with Crippen molar-refractivity contribution in [1.29, 1.82) is 0 Å². The number of amides is 1. The van der Waals surface area contributed by atoms with Crippen LogP contribution in [0, 0.1) is 6.92 Å². The Morgan fingerprint density at radius 1 is 1.17 bits per heavy atom. The van der Waals surface area contributed by atoms with Gasteiger partial charge in [-0.1, -0.05) is 0 Å². The van der Waals surface area contributed by atoms with E-state index in [0.29, 0.717) is 15.9 Å². The molecule has 0 unspecified atom stereocenters. The number of pyridine rings is 1. The molecule has 2 aromatic heterocycles. The number of nitrogens with zero attached hydrogens (tertiary/aromatic N) is 1. The van der Waals surface area contributed by atoms with Gasteiger partial charge in [0.05, 0.1) is 29.9 Å². The standard InChI is InChI=1S/C16H18N2O5S/c1-5-22-15(20)10-7-8(3)17-14-11(10)12(18-9(4)19)13(24-14)16(21)23-6-2/h7H,5-6H2,1-4H3,(H,18,19). The van der Waals surface area contributed by atoms with Gasteiger partial charge in [0.1, 0.15) is 9.71 Å². The third kappa shape index (κ3) is 3.53. The summed E-state index contributed by atoms with van der Waals surface area (Å²) in [7, 11) is 0. The minimum absolute atomic E-state index is 0.198. The van der Waals surface area contributed by atoms with Crippen molar-refractivity contribution in [2.24, 2.45) is 0 Å². The quantitative estimate of drug-likeness (QED) is 0.833. The van der Waals surface area contributed by atoms with Gasteiger partial charge in [0, 0.05) is 12.6 Å². The van der Waals surface area contributed by atoms with E-state index in [9.17, 15) is 14.4 Å². The molecule has 1 amide bonds. The zero-order valence-corrected chi connectivity index (χ0v) is 14.7. The van der Waals surface area contributed by atoms with E-state index in [0.717, 1.165) is 11.3 Å². The first-order valence-electron chi connectivity index (χ1n) is 7.44. The van der Waals surface area contributed by atoms with Crippen LogP contribution in [0.4, 0.5) is 5.69 Å². The van der Waals surface area contributed by atoms with E-state index in [4.69, 9.17) is 9.47 Å². The molecule has 0 bridgehead atoms. The summed E-state index contributed by atoms with van der Waals surface area (Å²) in [6.07, 6.45) is 0. The highest BCUT2D eigenvalue weighted by Gasteiger charge is 2.26. The molecule has 2 heterocycles. The molecule has 7 nitrogen and oxygen atoms in total. The van der Waals surface area contributed by atoms with Crippen LogP contribution in [0.5, 0.6) is 0 Å². The maximum Gasteiger partial charge on any atom is 0.350 e. The number of nitrogens with one attached hydrogen (secondary N) is 1. The number of rotatable bonds is 5. The van der Waals surface area contributed by atoms with E-state index in [1.165, 1.54) is 6.92 Å². The van der Waals surface area contributed by atoms with Crippen molar-refractivity contribution >= 4 is 45.1 Å². The Bertz CT molecular complexity index is 812. The van der Waals surface area contributed by atoms with Gasteiger partial charge in [0.15, 0.2) is 0 Å². The zero-order chi connectivity index (χ0) is 17.9. The second kappa shape index (κ2) is 7.39. The van der Waals surface area contributed by atoms with E-state index in [2.05, 4.69) is 10.3 Å². The largest absolute Gasteiger partial charge is 0.462 e. The number of thiophene rings is 1. The van der Waals surface area contributed by atoms with Crippen LogP contribution in [0.3, 0.4) is 0 Å². The van der Waals surface area contributed by atoms with E-state index >= 15 is 0 Å². The number of carbonyl (C=O) groups excluding carboxylic acids is 3. The molecular formula is C16H18N2O5S. The van der Waals surface area contributed by atoms with Gasteiger partial charge in [-0.2, -0.15) is 0 Å². The maximum absolute atomic E-state index is 12.3. The second-order valence-electron chi connectivity index (χ2n) is 4.92. The van der Waals surface area contributed by atoms with Crippen molar-refractivity contribution in [3.8, 4) is 0 Å².